The first kappa shape index (κ1) is 11.6. The normalized spacial score (nSPS) is 11.4. The number of hydrogen-bond acceptors (Lipinski definition) is 2. The quantitative estimate of drug-likeness (QED) is 0.784. The molecule has 1 rings (SSSR count). The summed E-state index contributed by atoms with van der Waals surface area (Å²) >= 11 is 0. The third-order valence-corrected chi connectivity index (χ3v) is 2.29. The van der Waals surface area contributed by atoms with Crippen LogP contribution in [-0.2, 0) is 16.6 Å². The number of phenols is 1. The fourth-order valence-electron chi connectivity index (χ4n) is 1.36. The minimum absolute atomic E-state index is 0.0407. The van der Waals surface area contributed by atoms with Gasteiger partial charge in [0.1, 0.15) is 5.75 Å². The van der Waals surface area contributed by atoms with Gasteiger partial charge >= 0.3 is 5.97 Å². The highest BCUT2D eigenvalue weighted by Gasteiger charge is 2.16. The fraction of sp³-hybridized carbons (Fsp3) is 0.417. The van der Waals surface area contributed by atoms with Gasteiger partial charge in [0.2, 0.25) is 0 Å². The van der Waals surface area contributed by atoms with Crippen molar-refractivity contribution in [2.24, 2.45) is 0 Å². The van der Waals surface area contributed by atoms with Gasteiger partial charge < -0.3 is 10.2 Å². The molecule has 3 nitrogen and oxygen atoms in total. The molecule has 0 bridgehead atoms. The van der Waals surface area contributed by atoms with Crippen LogP contribution >= 0.6 is 0 Å². The smallest absolute Gasteiger partial charge is 0.307 e. The van der Waals surface area contributed by atoms with Crippen molar-refractivity contribution in [1.29, 1.82) is 0 Å². The third-order valence-electron chi connectivity index (χ3n) is 2.29. The number of benzene rings is 1. The van der Waals surface area contributed by atoms with Crippen molar-refractivity contribution in [3.8, 4) is 5.75 Å². The van der Waals surface area contributed by atoms with E-state index in [1.807, 2.05) is 26.8 Å². The minimum Gasteiger partial charge on any atom is -0.508 e. The molecule has 0 radical (unpaired) electrons. The molecule has 1 aromatic carbocycles. The highest BCUT2D eigenvalue weighted by atomic mass is 16.4. The summed E-state index contributed by atoms with van der Waals surface area (Å²) in [5, 5.41) is 18.2. The van der Waals surface area contributed by atoms with Crippen LogP contribution in [0.1, 0.15) is 31.9 Å². The molecule has 0 atom stereocenters. The molecule has 0 aliphatic carbocycles. The highest BCUT2D eigenvalue weighted by Crippen LogP contribution is 2.27. The summed E-state index contributed by atoms with van der Waals surface area (Å²) in [6.07, 6.45) is -0.143. The van der Waals surface area contributed by atoms with Gasteiger partial charge in [-0.25, -0.2) is 0 Å². The Kier molecular flexibility index (Phi) is 3.03. The van der Waals surface area contributed by atoms with Gasteiger partial charge in [0, 0.05) is 5.56 Å². The van der Waals surface area contributed by atoms with Gasteiger partial charge in [0.15, 0.2) is 0 Å². The van der Waals surface area contributed by atoms with Crippen molar-refractivity contribution in [2.45, 2.75) is 32.6 Å². The summed E-state index contributed by atoms with van der Waals surface area (Å²) in [6.45, 7) is 6.14. The second-order valence-corrected chi connectivity index (χ2v) is 4.66. The van der Waals surface area contributed by atoms with E-state index >= 15 is 0 Å². The molecule has 0 aromatic heterocycles. The maximum Gasteiger partial charge on any atom is 0.307 e. The Morgan fingerprint density at radius 1 is 1.33 bits per heavy atom. The van der Waals surface area contributed by atoms with Gasteiger partial charge in [-0.1, -0.05) is 32.9 Å². The number of phenolic OH excluding ortho intramolecular Hbond substituents is 1. The van der Waals surface area contributed by atoms with Crippen LogP contribution in [-0.4, -0.2) is 16.2 Å². The summed E-state index contributed by atoms with van der Waals surface area (Å²) in [7, 11) is 0. The van der Waals surface area contributed by atoms with Gasteiger partial charge in [0.25, 0.3) is 0 Å². The predicted octanol–water partition coefficient (Wildman–Crippen LogP) is 2.32. The molecule has 3 heteroatoms. The largest absolute Gasteiger partial charge is 0.508 e. The van der Waals surface area contributed by atoms with Crippen LogP contribution in [0.15, 0.2) is 18.2 Å². The molecule has 0 saturated heterocycles. The first-order chi connectivity index (χ1) is 6.80. The van der Waals surface area contributed by atoms with Crippen molar-refractivity contribution >= 4 is 5.97 Å². The number of carboxylic acid groups (broad SMARTS) is 1. The molecule has 0 spiro atoms. The maximum absolute atomic E-state index is 10.6. The van der Waals surface area contributed by atoms with E-state index in [-0.39, 0.29) is 17.6 Å². The first-order valence-electron chi connectivity index (χ1n) is 4.85. The molecule has 0 saturated carbocycles. The summed E-state index contributed by atoms with van der Waals surface area (Å²) < 4.78 is 0. The molecule has 0 aliphatic rings. The highest BCUT2D eigenvalue weighted by molar-refractivity contribution is 5.71. The first-order valence-corrected chi connectivity index (χ1v) is 4.85. The van der Waals surface area contributed by atoms with Crippen molar-refractivity contribution in [3.63, 3.8) is 0 Å². The van der Waals surface area contributed by atoms with E-state index in [1.54, 1.807) is 12.1 Å². The van der Waals surface area contributed by atoms with Crippen LogP contribution in [0, 0.1) is 0 Å². The molecule has 0 heterocycles. The summed E-state index contributed by atoms with van der Waals surface area (Å²) in [6, 6.07) is 5.13. The molecule has 2 N–H and O–H groups in total. The van der Waals surface area contributed by atoms with Crippen molar-refractivity contribution in [1.82, 2.24) is 0 Å². The number of hydrogen-bond donors (Lipinski definition) is 2. The van der Waals surface area contributed by atoms with Gasteiger partial charge in [0.05, 0.1) is 6.42 Å². The minimum atomic E-state index is -0.934. The number of rotatable bonds is 2. The van der Waals surface area contributed by atoms with E-state index < -0.39 is 5.97 Å². The number of carboxylic acids is 1. The SMILES string of the molecule is CC(C)(C)c1ccc(O)c(CC(=O)O)c1. The van der Waals surface area contributed by atoms with Gasteiger partial charge in [-0.2, -0.15) is 0 Å². The topological polar surface area (TPSA) is 57.5 Å². The summed E-state index contributed by atoms with van der Waals surface area (Å²) in [5.74, 6) is -0.887. The van der Waals surface area contributed by atoms with E-state index in [4.69, 9.17) is 5.11 Å². The maximum atomic E-state index is 10.6. The average molecular weight is 208 g/mol. The number of aromatic hydroxyl groups is 1. The monoisotopic (exact) mass is 208 g/mol. The Bertz CT molecular complexity index is 375. The van der Waals surface area contributed by atoms with Crippen LogP contribution in [0.2, 0.25) is 0 Å². The van der Waals surface area contributed by atoms with E-state index in [2.05, 4.69) is 0 Å². The molecular formula is C12H16O3. The van der Waals surface area contributed by atoms with Crippen LogP contribution < -0.4 is 0 Å². The summed E-state index contributed by atoms with van der Waals surface area (Å²) in [5.41, 5.74) is 1.45. The standard InChI is InChI=1S/C12H16O3/c1-12(2,3)9-4-5-10(13)8(6-9)7-11(14)15/h4-6,13H,7H2,1-3H3,(H,14,15). The molecule has 15 heavy (non-hydrogen) atoms. The zero-order valence-corrected chi connectivity index (χ0v) is 9.24. The lowest BCUT2D eigenvalue weighted by molar-refractivity contribution is -0.136. The van der Waals surface area contributed by atoms with Crippen molar-refractivity contribution in [3.05, 3.63) is 29.3 Å². The van der Waals surface area contributed by atoms with Gasteiger partial charge in [-0.05, 0) is 17.0 Å². The van der Waals surface area contributed by atoms with Crippen molar-refractivity contribution in [2.75, 3.05) is 0 Å². The molecule has 82 valence electrons. The van der Waals surface area contributed by atoms with E-state index in [9.17, 15) is 9.90 Å². The van der Waals surface area contributed by atoms with Gasteiger partial charge in [-0.15, -0.1) is 0 Å². The van der Waals surface area contributed by atoms with Crippen LogP contribution in [0.25, 0.3) is 0 Å². The zero-order valence-electron chi connectivity index (χ0n) is 9.24. The lowest BCUT2D eigenvalue weighted by Gasteiger charge is -2.20. The van der Waals surface area contributed by atoms with Crippen molar-refractivity contribution < 1.29 is 15.0 Å². The Hall–Kier alpha value is -1.51. The third kappa shape index (κ3) is 2.98. The number of aliphatic carboxylic acids is 1. The molecule has 0 amide bonds. The van der Waals surface area contributed by atoms with Crippen LogP contribution in [0.3, 0.4) is 0 Å². The van der Waals surface area contributed by atoms with E-state index in [1.165, 1.54) is 0 Å². The van der Waals surface area contributed by atoms with E-state index in [0.717, 1.165) is 5.56 Å². The van der Waals surface area contributed by atoms with Crippen LogP contribution in [0.5, 0.6) is 5.75 Å². The average Bonchev–Trinajstić information content (AvgIpc) is 2.06. The van der Waals surface area contributed by atoms with Crippen LogP contribution in [0.4, 0.5) is 0 Å². The Morgan fingerprint density at radius 2 is 1.93 bits per heavy atom. The molecule has 0 fully saturated rings. The Labute approximate surface area is 89.4 Å². The lowest BCUT2D eigenvalue weighted by Crippen LogP contribution is -2.12. The second-order valence-electron chi connectivity index (χ2n) is 4.66. The molecule has 0 aliphatic heterocycles. The summed E-state index contributed by atoms with van der Waals surface area (Å²) in [4.78, 5) is 10.6. The van der Waals surface area contributed by atoms with E-state index in [0.29, 0.717) is 5.56 Å². The van der Waals surface area contributed by atoms with Gasteiger partial charge in [-0.3, -0.25) is 4.79 Å². The zero-order chi connectivity index (χ0) is 11.6. The second kappa shape index (κ2) is 3.93. The molecular weight excluding hydrogens is 192 g/mol. The predicted molar refractivity (Wildman–Crippen MR) is 58.1 cm³/mol. The number of carbonyl (C=O) groups is 1. The Morgan fingerprint density at radius 3 is 2.40 bits per heavy atom. The fourth-order valence-corrected chi connectivity index (χ4v) is 1.36. The lowest BCUT2D eigenvalue weighted by atomic mass is 9.86. The molecule has 0 unspecified atom stereocenters. The Balaban J connectivity index is 3.11. The molecule has 1 aromatic rings.